The van der Waals surface area contributed by atoms with Crippen LogP contribution in [-0.2, 0) is 0 Å². The maximum absolute atomic E-state index is 9.19. The highest BCUT2D eigenvalue weighted by molar-refractivity contribution is 8.01. The van der Waals surface area contributed by atoms with Gasteiger partial charge in [0, 0.05) is 5.75 Å². The van der Waals surface area contributed by atoms with Gasteiger partial charge in [0.1, 0.15) is 0 Å². The van der Waals surface area contributed by atoms with E-state index in [1.807, 2.05) is 30.0 Å². The van der Waals surface area contributed by atoms with Crippen LogP contribution in [0.25, 0.3) is 10.2 Å². The van der Waals surface area contributed by atoms with Gasteiger partial charge in [-0.15, -0.1) is 11.3 Å². The van der Waals surface area contributed by atoms with Gasteiger partial charge in [0.2, 0.25) is 0 Å². The quantitative estimate of drug-likeness (QED) is 0.361. The highest BCUT2D eigenvalue weighted by atomic mass is 32.2. The number of aliphatic hydroxyl groups is 1. The minimum atomic E-state index is -0.122. The van der Waals surface area contributed by atoms with Crippen molar-refractivity contribution in [2.75, 3.05) is 5.75 Å². The van der Waals surface area contributed by atoms with Gasteiger partial charge in [-0.05, 0) is 31.9 Å². The van der Waals surface area contributed by atoms with Gasteiger partial charge >= 0.3 is 0 Å². The van der Waals surface area contributed by atoms with E-state index >= 15 is 0 Å². The van der Waals surface area contributed by atoms with Gasteiger partial charge in [-0.2, -0.15) is 0 Å². The average molecular weight is 352 g/mol. The minimum absolute atomic E-state index is 0.122. The smallest absolute Gasteiger partial charge is 0.151 e. The van der Waals surface area contributed by atoms with Crippen LogP contribution in [0.1, 0.15) is 64.7 Å². The van der Waals surface area contributed by atoms with Crippen molar-refractivity contribution in [2.24, 2.45) is 0 Å². The lowest BCUT2D eigenvalue weighted by atomic mass is 10.1. The molecule has 0 saturated carbocycles. The second-order valence-corrected chi connectivity index (χ2v) is 8.63. The van der Waals surface area contributed by atoms with Gasteiger partial charge in [0.05, 0.1) is 16.3 Å². The molecule has 1 N–H and O–H groups in total. The van der Waals surface area contributed by atoms with Crippen LogP contribution in [0.5, 0.6) is 0 Å². The van der Waals surface area contributed by atoms with Crippen molar-refractivity contribution in [3.05, 3.63) is 24.3 Å². The van der Waals surface area contributed by atoms with Gasteiger partial charge < -0.3 is 5.11 Å². The largest absolute Gasteiger partial charge is 0.393 e. The maximum Gasteiger partial charge on any atom is 0.151 e. The number of unbranched alkanes of at least 4 members (excludes halogenated alkanes) is 7. The number of hydrogen-bond acceptors (Lipinski definition) is 4. The molecule has 0 amide bonds. The van der Waals surface area contributed by atoms with Crippen LogP contribution in [-0.4, -0.2) is 21.9 Å². The first-order valence-corrected chi connectivity index (χ1v) is 10.7. The zero-order valence-corrected chi connectivity index (χ0v) is 15.8. The van der Waals surface area contributed by atoms with E-state index in [0.717, 1.165) is 11.9 Å². The number of aliphatic hydroxyl groups excluding tert-OH is 1. The van der Waals surface area contributed by atoms with Crippen molar-refractivity contribution in [3.63, 3.8) is 0 Å². The number of thioether (sulfide) groups is 1. The number of hydrogen-bond donors (Lipinski definition) is 1. The van der Waals surface area contributed by atoms with Crippen LogP contribution in [0.2, 0.25) is 0 Å². The SMILES string of the molecule is CC(O)CCCCCCCCCCSc1nc2ccccc2s1. The Hall–Kier alpha value is -0.580. The number of benzene rings is 1. The highest BCUT2D eigenvalue weighted by Crippen LogP contribution is 2.29. The molecule has 0 aliphatic heterocycles. The van der Waals surface area contributed by atoms with E-state index in [9.17, 15) is 5.11 Å². The molecule has 0 fully saturated rings. The minimum Gasteiger partial charge on any atom is -0.393 e. The maximum atomic E-state index is 9.19. The monoisotopic (exact) mass is 351 g/mol. The highest BCUT2D eigenvalue weighted by Gasteiger charge is 2.03. The molecule has 0 spiro atoms. The van der Waals surface area contributed by atoms with E-state index in [-0.39, 0.29) is 6.10 Å². The van der Waals surface area contributed by atoms with Gasteiger partial charge in [0.15, 0.2) is 4.34 Å². The Balaban J connectivity index is 1.44. The van der Waals surface area contributed by atoms with Crippen molar-refractivity contribution < 1.29 is 5.11 Å². The second kappa shape index (κ2) is 11.1. The fourth-order valence-corrected chi connectivity index (χ4v) is 4.81. The summed E-state index contributed by atoms with van der Waals surface area (Å²) >= 11 is 3.72. The van der Waals surface area contributed by atoms with Gasteiger partial charge in [-0.3, -0.25) is 0 Å². The summed E-state index contributed by atoms with van der Waals surface area (Å²) in [5.74, 6) is 1.19. The predicted octanol–water partition coefficient (Wildman–Crippen LogP) is 6.28. The van der Waals surface area contributed by atoms with Crippen molar-refractivity contribution in [1.82, 2.24) is 4.98 Å². The molecule has 1 aromatic carbocycles. The molecular formula is C19H29NOS2. The molecule has 2 rings (SSSR count). The van der Waals surface area contributed by atoms with Crippen molar-refractivity contribution in [2.45, 2.75) is 75.2 Å². The van der Waals surface area contributed by atoms with E-state index in [4.69, 9.17) is 0 Å². The molecule has 2 aromatic rings. The zero-order chi connectivity index (χ0) is 16.3. The number of para-hydroxylation sites is 1. The van der Waals surface area contributed by atoms with E-state index in [1.54, 1.807) is 0 Å². The third-order valence-corrected chi connectivity index (χ3v) is 6.28. The first-order valence-electron chi connectivity index (χ1n) is 8.92. The molecule has 4 heteroatoms. The third-order valence-electron chi connectivity index (χ3n) is 4.02. The average Bonchev–Trinajstić information content (AvgIpc) is 2.95. The Bertz CT molecular complexity index is 520. The molecule has 23 heavy (non-hydrogen) atoms. The standard InChI is InChI=1S/C19H29NOS2/c1-16(21)12-8-6-4-2-3-5-7-11-15-22-19-20-17-13-9-10-14-18(17)23-19/h9-10,13-14,16,21H,2-8,11-12,15H2,1H3. The molecule has 128 valence electrons. The number of nitrogens with zero attached hydrogens (tertiary/aromatic N) is 1. The number of aromatic nitrogens is 1. The van der Waals surface area contributed by atoms with E-state index in [2.05, 4.69) is 29.2 Å². The van der Waals surface area contributed by atoms with Gasteiger partial charge in [0.25, 0.3) is 0 Å². The van der Waals surface area contributed by atoms with Gasteiger partial charge in [-0.25, -0.2) is 4.98 Å². The molecule has 1 atom stereocenters. The van der Waals surface area contributed by atoms with Gasteiger partial charge in [-0.1, -0.05) is 68.8 Å². The molecule has 1 heterocycles. The normalized spacial score (nSPS) is 12.8. The predicted molar refractivity (Wildman–Crippen MR) is 104 cm³/mol. The fourth-order valence-electron chi connectivity index (χ4n) is 2.67. The van der Waals surface area contributed by atoms with Crippen LogP contribution >= 0.6 is 23.1 Å². The molecule has 1 unspecified atom stereocenters. The summed E-state index contributed by atoms with van der Waals surface area (Å²) in [6.07, 6.45) is 11.3. The number of rotatable bonds is 12. The van der Waals surface area contributed by atoms with Crippen molar-refractivity contribution in [3.8, 4) is 0 Å². The third kappa shape index (κ3) is 7.69. The summed E-state index contributed by atoms with van der Waals surface area (Å²) in [5.41, 5.74) is 1.13. The summed E-state index contributed by atoms with van der Waals surface area (Å²) < 4.78 is 2.51. The molecule has 0 bridgehead atoms. The molecule has 1 aromatic heterocycles. The summed E-state index contributed by atoms with van der Waals surface area (Å²) in [5, 5.41) is 9.19. The first kappa shape index (κ1) is 18.8. The van der Waals surface area contributed by atoms with Crippen molar-refractivity contribution in [1.29, 1.82) is 0 Å². The zero-order valence-electron chi connectivity index (χ0n) is 14.2. The lowest BCUT2D eigenvalue weighted by Gasteiger charge is -2.04. The molecule has 0 aliphatic carbocycles. The second-order valence-electron chi connectivity index (χ2n) is 6.26. The Kier molecular flexibility index (Phi) is 9.02. The summed E-state index contributed by atoms with van der Waals surface area (Å²) in [4.78, 5) is 4.66. The van der Waals surface area contributed by atoms with Crippen LogP contribution in [0.3, 0.4) is 0 Å². The summed E-state index contributed by atoms with van der Waals surface area (Å²) in [6.45, 7) is 1.88. The topological polar surface area (TPSA) is 33.1 Å². The number of thiazole rings is 1. The Morgan fingerprint density at radius 1 is 1.00 bits per heavy atom. The molecular weight excluding hydrogens is 322 g/mol. The van der Waals surface area contributed by atoms with Crippen molar-refractivity contribution >= 4 is 33.3 Å². The lowest BCUT2D eigenvalue weighted by Crippen LogP contribution is -1.98. The number of fused-ring (bicyclic) bond motifs is 1. The van der Waals surface area contributed by atoms with E-state index < -0.39 is 0 Å². The Morgan fingerprint density at radius 3 is 2.35 bits per heavy atom. The van der Waals surface area contributed by atoms with Crippen LogP contribution in [0, 0.1) is 0 Å². The molecule has 0 saturated heterocycles. The molecule has 0 radical (unpaired) electrons. The lowest BCUT2D eigenvalue weighted by molar-refractivity contribution is 0.180. The van der Waals surface area contributed by atoms with Crippen LogP contribution in [0.15, 0.2) is 28.6 Å². The molecule has 2 nitrogen and oxygen atoms in total. The fraction of sp³-hybridized carbons (Fsp3) is 0.632. The Labute approximate surface area is 148 Å². The van der Waals surface area contributed by atoms with Crippen LogP contribution in [0.4, 0.5) is 0 Å². The summed E-state index contributed by atoms with van der Waals surface area (Å²) in [7, 11) is 0. The Morgan fingerprint density at radius 2 is 1.65 bits per heavy atom. The van der Waals surface area contributed by atoms with E-state index in [1.165, 1.54) is 66.2 Å². The van der Waals surface area contributed by atoms with Crippen LogP contribution < -0.4 is 0 Å². The summed E-state index contributed by atoms with van der Waals surface area (Å²) in [6, 6.07) is 8.38. The van der Waals surface area contributed by atoms with E-state index in [0.29, 0.717) is 0 Å². The molecule has 0 aliphatic rings. The first-order chi connectivity index (χ1) is 11.3.